The summed E-state index contributed by atoms with van der Waals surface area (Å²) < 4.78 is 22.0. The summed E-state index contributed by atoms with van der Waals surface area (Å²) in [6, 6.07) is 24.2. The van der Waals surface area contributed by atoms with Gasteiger partial charge in [0, 0.05) is 24.9 Å². The molecule has 49 heavy (non-hydrogen) atoms. The first-order valence-corrected chi connectivity index (χ1v) is 16.9. The molecule has 3 aromatic heterocycles. The van der Waals surface area contributed by atoms with E-state index < -0.39 is 11.7 Å². The van der Waals surface area contributed by atoms with Crippen LogP contribution in [0.25, 0.3) is 16.6 Å². The van der Waals surface area contributed by atoms with Crippen molar-refractivity contribution in [3.8, 4) is 22.8 Å². The molecule has 0 aliphatic heterocycles. The van der Waals surface area contributed by atoms with Gasteiger partial charge in [0.2, 0.25) is 5.88 Å². The highest BCUT2D eigenvalue weighted by Gasteiger charge is 2.26. The minimum Gasteiger partial charge on any atom is -0.438 e. The zero-order valence-electron chi connectivity index (χ0n) is 27.3. The molecular weight excluding hydrogens is 623 g/mol. The number of rotatable bonds is 14. The van der Waals surface area contributed by atoms with Gasteiger partial charge in [0.25, 0.3) is 11.8 Å². The lowest BCUT2D eigenvalue weighted by molar-refractivity contribution is 0.0887. The summed E-state index contributed by atoms with van der Waals surface area (Å²) in [6.07, 6.45) is 8.25. The molecule has 0 radical (unpaired) electrons. The van der Waals surface area contributed by atoms with Gasteiger partial charge in [-0.2, -0.15) is 5.10 Å². The summed E-state index contributed by atoms with van der Waals surface area (Å²) in [5, 5.41) is 22.6. The van der Waals surface area contributed by atoms with Crippen molar-refractivity contribution in [1.82, 2.24) is 30.5 Å². The van der Waals surface area contributed by atoms with Gasteiger partial charge >= 0.3 is 0 Å². The first-order chi connectivity index (χ1) is 23.9. The van der Waals surface area contributed by atoms with Crippen LogP contribution < -0.4 is 20.7 Å². The van der Waals surface area contributed by atoms with Crippen LogP contribution in [0.5, 0.6) is 11.6 Å². The van der Waals surface area contributed by atoms with Crippen molar-refractivity contribution in [2.45, 2.75) is 57.0 Å². The van der Waals surface area contributed by atoms with Gasteiger partial charge in [0.05, 0.1) is 11.7 Å². The molecule has 1 saturated carbocycles. The molecule has 4 N–H and O–H groups in total. The Morgan fingerprint density at radius 3 is 2.37 bits per heavy atom. The molecule has 254 valence electrons. The Labute approximate surface area is 284 Å². The van der Waals surface area contributed by atoms with Gasteiger partial charge in [-0.25, -0.2) is 13.9 Å². The predicted molar refractivity (Wildman–Crippen MR) is 185 cm³/mol. The number of aromatic nitrogens is 3. The van der Waals surface area contributed by atoms with E-state index in [1.54, 1.807) is 22.8 Å². The van der Waals surface area contributed by atoms with Crippen molar-refractivity contribution in [1.29, 1.82) is 0 Å². The molecule has 0 unspecified atom stereocenters. The second kappa shape index (κ2) is 16.3. The summed E-state index contributed by atoms with van der Waals surface area (Å²) in [6.45, 7) is 1.93. The SMILES string of the molecule is O=C(N[C@H]1CC[C@H](NC(=O)c2cc(F)cnc2Oc2cccc(-c3ccc(CCCNCCCO)cc3)c2)CC1)c1cc2ccccn2n1. The standard InChI is InChI=1S/C38H41FN6O4/c39-29-23-34(36(47)42-30-14-16-31(17-15-30)43-37(48)35-24-32-8-1-2-20-45(32)44-35)38(41-25-29)49-33-9-3-7-28(22-33)27-12-10-26(11-13-27)6-4-18-40-19-5-21-46/h1-3,7-13,20,22-25,30-31,40,46H,4-6,14-19,21H2,(H,42,47)(H,43,48)/t30-,31-. The number of hydrogen-bond donors (Lipinski definition) is 4. The maximum absolute atomic E-state index is 14.3. The van der Waals surface area contributed by atoms with Crippen LogP contribution in [0.2, 0.25) is 0 Å². The number of amides is 2. The van der Waals surface area contributed by atoms with Crippen LogP contribution in [-0.2, 0) is 6.42 Å². The van der Waals surface area contributed by atoms with Crippen molar-refractivity contribution in [2.24, 2.45) is 0 Å². The minimum atomic E-state index is -0.634. The molecule has 3 heterocycles. The molecule has 1 aliphatic carbocycles. The van der Waals surface area contributed by atoms with E-state index in [9.17, 15) is 14.0 Å². The lowest BCUT2D eigenvalue weighted by Gasteiger charge is -2.29. The Bertz CT molecular complexity index is 1840. The number of carbonyl (C=O) groups is 2. The van der Waals surface area contributed by atoms with E-state index in [4.69, 9.17) is 9.84 Å². The number of nitrogens with one attached hydrogen (secondary N) is 3. The lowest BCUT2D eigenvalue weighted by Crippen LogP contribution is -2.44. The molecule has 0 saturated heterocycles. The number of fused-ring (bicyclic) bond motifs is 1. The Balaban J connectivity index is 1.02. The Morgan fingerprint density at radius 1 is 0.857 bits per heavy atom. The number of aliphatic hydroxyl groups excluding tert-OH is 1. The highest BCUT2D eigenvalue weighted by Crippen LogP contribution is 2.29. The van der Waals surface area contributed by atoms with E-state index >= 15 is 0 Å². The maximum atomic E-state index is 14.3. The number of nitrogens with zero attached hydrogens (tertiary/aromatic N) is 3. The van der Waals surface area contributed by atoms with Crippen LogP contribution in [0, 0.1) is 5.82 Å². The summed E-state index contributed by atoms with van der Waals surface area (Å²) in [5.74, 6) is -0.821. The van der Waals surface area contributed by atoms with Crippen LogP contribution in [0.1, 0.15) is 64.9 Å². The fourth-order valence-electron chi connectivity index (χ4n) is 6.09. The Morgan fingerprint density at radius 2 is 1.61 bits per heavy atom. The van der Waals surface area contributed by atoms with Crippen LogP contribution in [0.3, 0.4) is 0 Å². The second-order valence-corrected chi connectivity index (χ2v) is 12.4. The Hall–Kier alpha value is -5.13. The maximum Gasteiger partial charge on any atom is 0.272 e. The highest BCUT2D eigenvalue weighted by molar-refractivity contribution is 5.96. The summed E-state index contributed by atoms with van der Waals surface area (Å²) in [7, 11) is 0. The molecule has 1 fully saturated rings. The number of aryl methyl sites for hydroxylation is 1. The van der Waals surface area contributed by atoms with E-state index in [0.717, 1.165) is 61.3 Å². The number of aliphatic hydroxyl groups is 1. The van der Waals surface area contributed by atoms with E-state index in [1.165, 1.54) is 5.56 Å². The van der Waals surface area contributed by atoms with Gasteiger partial charge in [-0.05, 0) is 111 Å². The third kappa shape index (κ3) is 9.07. The lowest BCUT2D eigenvalue weighted by atomic mass is 9.91. The molecule has 1 aliphatic rings. The van der Waals surface area contributed by atoms with E-state index in [-0.39, 0.29) is 36.0 Å². The molecule has 0 atom stereocenters. The normalized spacial score (nSPS) is 16.0. The predicted octanol–water partition coefficient (Wildman–Crippen LogP) is 5.70. The number of ether oxygens (including phenoxy) is 1. The van der Waals surface area contributed by atoms with Crippen LogP contribution in [0.15, 0.2) is 91.3 Å². The number of benzene rings is 2. The fourth-order valence-corrected chi connectivity index (χ4v) is 6.09. The molecule has 11 heteroatoms. The summed E-state index contributed by atoms with van der Waals surface area (Å²) in [5.41, 5.74) is 4.43. The Kier molecular flexibility index (Phi) is 11.2. The van der Waals surface area contributed by atoms with Crippen molar-refractivity contribution >= 4 is 17.3 Å². The first kappa shape index (κ1) is 33.8. The first-order valence-electron chi connectivity index (χ1n) is 16.9. The van der Waals surface area contributed by atoms with Gasteiger partial charge in [-0.15, -0.1) is 0 Å². The minimum absolute atomic E-state index is 0.0166. The summed E-state index contributed by atoms with van der Waals surface area (Å²) in [4.78, 5) is 30.3. The van der Waals surface area contributed by atoms with Gasteiger partial charge in [-0.3, -0.25) is 9.59 Å². The molecule has 2 amide bonds. The van der Waals surface area contributed by atoms with Gasteiger partial charge in [0.1, 0.15) is 17.1 Å². The van der Waals surface area contributed by atoms with Crippen LogP contribution in [0.4, 0.5) is 4.39 Å². The summed E-state index contributed by atoms with van der Waals surface area (Å²) >= 11 is 0. The highest BCUT2D eigenvalue weighted by atomic mass is 19.1. The quantitative estimate of drug-likeness (QED) is 0.112. The number of pyridine rings is 2. The van der Waals surface area contributed by atoms with Gasteiger partial charge in [-0.1, -0.05) is 42.5 Å². The van der Waals surface area contributed by atoms with Crippen molar-refractivity contribution in [2.75, 3.05) is 19.7 Å². The average Bonchev–Trinajstić information content (AvgIpc) is 3.57. The monoisotopic (exact) mass is 664 g/mol. The van der Waals surface area contributed by atoms with E-state index in [0.29, 0.717) is 37.1 Å². The smallest absolute Gasteiger partial charge is 0.272 e. The van der Waals surface area contributed by atoms with Crippen molar-refractivity contribution in [3.63, 3.8) is 0 Å². The number of carbonyl (C=O) groups excluding carboxylic acids is 2. The third-order valence-corrected chi connectivity index (χ3v) is 8.73. The van der Waals surface area contributed by atoms with Crippen LogP contribution in [-0.4, -0.2) is 63.3 Å². The van der Waals surface area contributed by atoms with E-state index in [2.05, 4.69) is 50.3 Å². The zero-order chi connectivity index (χ0) is 34.0. The average molecular weight is 665 g/mol. The van der Waals surface area contributed by atoms with Gasteiger partial charge < -0.3 is 25.8 Å². The molecular formula is C38H41FN6O4. The molecule has 5 aromatic rings. The molecule has 0 bridgehead atoms. The number of halogens is 1. The fraction of sp³-hybridized carbons (Fsp3) is 0.316. The van der Waals surface area contributed by atoms with Crippen molar-refractivity contribution in [3.05, 3.63) is 114 Å². The van der Waals surface area contributed by atoms with Crippen molar-refractivity contribution < 1.29 is 23.8 Å². The topological polar surface area (TPSA) is 130 Å². The molecule has 10 nitrogen and oxygen atoms in total. The molecule has 0 spiro atoms. The van der Waals surface area contributed by atoms with Crippen LogP contribution >= 0.6 is 0 Å². The zero-order valence-corrected chi connectivity index (χ0v) is 27.3. The molecule has 2 aromatic carbocycles. The third-order valence-electron chi connectivity index (χ3n) is 8.73. The second-order valence-electron chi connectivity index (χ2n) is 12.4. The number of hydrogen-bond acceptors (Lipinski definition) is 7. The van der Waals surface area contributed by atoms with E-state index in [1.807, 2.05) is 36.4 Å². The molecule has 6 rings (SSSR count). The van der Waals surface area contributed by atoms with Gasteiger partial charge in [0.15, 0.2) is 5.69 Å². The largest absolute Gasteiger partial charge is 0.438 e.